The van der Waals surface area contributed by atoms with Gasteiger partial charge in [0.15, 0.2) is 0 Å². The van der Waals surface area contributed by atoms with Gasteiger partial charge < -0.3 is 20.0 Å². The average Bonchev–Trinajstić information content (AvgIpc) is 3.02. The van der Waals surface area contributed by atoms with Crippen LogP contribution in [0.2, 0.25) is 0 Å². The molecule has 0 saturated carbocycles. The Hall–Kier alpha value is -1.89. The number of aryl methyl sites for hydroxylation is 1. The smallest absolute Gasteiger partial charge is 0.341 e. The second kappa shape index (κ2) is 13.4. The molecule has 0 spiro atoms. The summed E-state index contributed by atoms with van der Waals surface area (Å²) in [5.74, 6) is -1.81. The number of anilines is 1. The van der Waals surface area contributed by atoms with E-state index in [-0.39, 0.29) is 31.1 Å². The summed E-state index contributed by atoms with van der Waals surface area (Å²) in [6.45, 7) is 2.30. The number of carboxylic acids is 1. The molecule has 0 fully saturated rings. The van der Waals surface area contributed by atoms with Crippen molar-refractivity contribution in [1.82, 2.24) is 0 Å². The topological polar surface area (TPSA) is 95.5 Å². The van der Waals surface area contributed by atoms with Crippen molar-refractivity contribution in [3.05, 3.63) is 16.0 Å². The van der Waals surface area contributed by atoms with E-state index >= 15 is 0 Å². The lowest BCUT2D eigenvalue weighted by atomic mass is 9.97. The Labute approximate surface area is 183 Å². The highest BCUT2D eigenvalue weighted by molar-refractivity contribution is 7.17. The van der Waals surface area contributed by atoms with Gasteiger partial charge in [-0.3, -0.25) is 4.79 Å². The molecule has 0 aliphatic heterocycles. The Morgan fingerprint density at radius 1 is 0.967 bits per heavy atom. The first-order valence-corrected chi connectivity index (χ1v) is 12.2. The monoisotopic (exact) mass is 436 g/mol. The Morgan fingerprint density at radius 3 is 2.23 bits per heavy atom. The fourth-order valence-electron chi connectivity index (χ4n) is 3.78. The minimum Gasteiger partial charge on any atom is -0.550 e. The summed E-state index contributed by atoms with van der Waals surface area (Å²) in [4.78, 5) is 37.0. The molecule has 30 heavy (non-hydrogen) atoms. The van der Waals surface area contributed by atoms with Gasteiger partial charge in [-0.25, -0.2) is 4.79 Å². The van der Waals surface area contributed by atoms with Gasteiger partial charge in [-0.05, 0) is 50.5 Å². The molecule has 1 aromatic rings. The molecule has 1 N–H and O–H groups in total. The van der Waals surface area contributed by atoms with Crippen molar-refractivity contribution in [3.63, 3.8) is 0 Å². The number of esters is 1. The lowest BCUT2D eigenvalue weighted by Crippen LogP contribution is -2.22. The quantitative estimate of drug-likeness (QED) is 0.610. The highest BCUT2D eigenvalue weighted by atomic mass is 32.1. The second-order valence-electron chi connectivity index (χ2n) is 7.95. The first-order valence-electron chi connectivity index (χ1n) is 11.3. The highest BCUT2D eigenvalue weighted by Crippen LogP contribution is 2.37. The number of amides is 1. The van der Waals surface area contributed by atoms with Crippen LogP contribution in [0.5, 0.6) is 0 Å². The molecule has 0 atom stereocenters. The maximum absolute atomic E-state index is 12.9. The van der Waals surface area contributed by atoms with Gasteiger partial charge in [-0.2, -0.15) is 0 Å². The Kier molecular flexibility index (Phi) is 10.9. The normalized spacial score (nSPS) is 15.4. The van der Waals surface area contributed by atoms with E-state index in [0.29, 0.717) is 17.2 Å². The number of hydrogen-bond acceptors (Lipinski definition) is 6. The average molecular weight is 437 g/mol. The zero-order valence-corrected chi connectivity index (χ0v) is 18.9. The van der Waals surface area contributed by atoms with Crippen molar-refractivity contribution < 1.29 is 24.2 Å². The third-order valence-electron chi connectivity index (χ3n) is 5.35. The van der Waals surface area contributed by atoms with Gasteiger partial charge in [0, 0.05) is 17.3 Å². The third kappa shape index (κ3) is 8.09. The number of thiophene rings is 1. The first-order chi connectivity index (χ1) is 14.5. The van der Waals surface area contributed by atoms with Crippen molar-refractivity contribution in [3.8, 4) is 0 Å². The first kappa shape index (κ1) is 24.4. The van der Waals surface area contributed by atoms with E-state index in [2.05, 4.69) is 5.32 Å². The number of carboxylic acid groups (broad SMARTS) is 1. The molecule has 1 aliphatic rings. The zero-order chi connectivity index (χ0) is 21.8. The standard InChI is InChI=1S/C23H35NO5S/c1-2-16-29-23(28)21-17-12-9-7-5-3-4-6-8-10-13-18(17)30-22(21)24-19(25)14-11-15-20(26)27/h2-16H2,1H3,(H,24,25)(H,26,27)/p-1. The van der Waals surface area contributed by atoms with Crippen LogP contribution in [0, 0.1) is 0 Å². The summed E-state index contributed by atoms with van der Waals surface area (Å²) in [7, 11) is 0. The SMILES string of the molecule is CCCOC(=O)c1c(NC(=O)CCCC(=O)[O-])sc2c1CCCCCCCCCC2. The number of nitrogens with one attached hydrogen (secondary N) is 1. The molecule has 0 saturated heterocycles. The molecule has 0 bridgehead atoms. The van der Waals surface area contributed by atoms with Crippen LogP contribution in [0.1, 0.15) is 105 Å². The fourth-order valence-corrected chi connectivity index (χ4v) is 5.07. The molecular weight excluding hydrogens is 402 g/mol. The lowest BCUT2D eigenvalue weighted by molar-refractivity contribution is -0.305. The molecule has 2 rings (SSSR count). The van der Waals surface area contributed by atoms with Gasteiger partial charge in [-0.1, -0.05) is 45.4 Å². The van der Waals surface area contributed by atoms with E-state index in [9.17, 15) is 19.5 Å². The van der Waals surface area contributed by atoms with Crippen molar-refractivity contribution >= 4 is 34.2 Å². The largest absolute Gasteiger partial charge is 0.550 e. The lowest BCUT2D eigenvalue weighted by Gasteiger charge is -2.11. The van der Waals surface area contributed by atoms with Crippen LogP contribution in [0.3, 0.4) is 0 Å². The van der Waals surface area contributed by atoms with Crippen LogP contribution >= 0.6 is 11.3 Å². The van der Waals surface area contributed by atoms with E-state index in [1.807, 2.05) is 6.92 Å². The van der Waals surface area contributed by atoms with Crippen molar-refractivity contribution in [2.75, 3.05) is 11.9 Å². The summed E-state index contributed by atoms with van der Waals surface area (Å²) >= 11 is 1.48. The van der Waals surface area contributed by atoms with Crippen LogP contribution in [-0.4, -0.2) is 24.5 Å². The summed E-state index contributed by atoms with van der Waals surface area (Å²) in [6, 6.07) is 0. The van der Waals surface area contributed by atoms with Crippen LogP contribution in [0.4, 0.5) is 5.00 Å². The van der Waals surface area contributed by atoms with Crippen molar-refractivity contribution in [2.24, 2.45) is 0 Å². The van der Waals surface area contributed by atoms with Crippen LogP contribution in [0.15, 0.2) is 0 Å². The predicted molar refractivity (Wildman–Crippen MR) is 117 cm³/mol. The van der Waals surface area contributed by atoms with Gasteiger partial charge in [0.05, 0.1) is 12.2 Å². The van der Waals surface area contributed by atoms with Crippen LogP contribution in [-0.2, 0) is 27.2 Å². The Balaban J connectivity index is 2.24. The van der Waals surface area contributed by atoms with Crippen molar-refractivity contribution in [1.29, 1.82) is 0 Å². The van der Waals surface area contributed by atoms with E-state index in [4.69, 9.17) is 4.74 Å². The molecule has 1 heterocycles. The maximum Gasteiger partial charge on any atom is 0.341 e. The minimum absolute atomic E-state index is 0.0833. The van der Waals surface area contributed by atoms with Gasteiger partial charge in [0.25, 0.3) is 0 Å². The number of fused-ring (bicyclic) bond motifs is 1. The highest BCUT2D eigenvalue weighted by Gasteiger charge is 2.25. The Morgan fingerprint density at radius 2 is 1.60 bits per heavy atom. The van der Waals surface area contributed by atoms with Crippen molar-refractivity contribution in [2.45, 2.75) is 96.8 Å². The number of carbonyl (C=O) groups excluding carboxylic acids is 3. The Bertz CT molecular complexity index is 713. The predicted octanol–water partition coefficient (Wildman–Crippen LogP) is 4.39. The molecule has 0 aromatic carbocycles. The summed E-state index contributed by atoms with van der Waals surface area (Å²) in [6.07, 6.45) is 12.1. The molecule has 6 nitrogen and oxygen atoms in total. The molecule has 0 unspecified atom stereocenters. The number of aliphatic carboxylic acids is 1. The van der Waals surface area contributed by atoms with Gasteiger partial charge >= 0.3 is 5.97 Å². The molecular formula is C23H34NO5S-. The van der Waals surface area contributed by atoms with E-state index in [1.54, 1.807) is 0 Å². The molecule has 168 valence electrons. The van der Waals surface area contributed by atoms with Gasteiger partial charge in [0.2, 0.25) is 5.91 Å². The van der Waals surface area contributed by atoms with E-state index in [1.165, 1.54) is 48.3 Å². The van der Waals surface area contributed by atoms with Crippen LogP contribution in [0.25, 0.3) is 0 Å². The fraction of sp³-hybridized carbons (Fsp3) is 0.696. The van der Waals surface area contributed by atoms with E-state index in [0.717, 1.165) is 44.1 Å². The molecule has 0 radical (unpaired) electrons. The van der Waals surface area contributed by atoms with E-state index < -0.39 is 5.97 Å². The molecule has 1 aromatic heterocycles. The molecule has 1 amide bonds. The molecule has 1 aliphatic carbocycles. The van der Waals surface area contributed by atoms with Gasteiger partial charge in [0.1, 0.15) is 5.00 Å². The summed E-state index contributed by atoms with van der Waals surface area (Å²) in [5, 5.41) is 14.0. The molecule has 7 heteroatoms. The number of hydrogen-bond donors (Lipinski definition) is 1. The number of ether oxygens (including phenoxy) is 1. The third-order valence-corrected chi connectivity index (χ3v) is 6.56. The van der Waals surface area contributed by atoms with Crippen LogP contribution < -0.4 is 10.4 Å². The number of rotatable bonds is 8. The number of carbonyl (C=O) groups is 3. The van der Waals surface area contributed by atoms with Gasteiger partial charge in [-0.15, -0.1) is 11.3 Å². The summed E-state index contributed by atoms with van der Waals surface area (Å²) in [5.41, 5.74) is 1.54. The summed E-state index contributed by atoms with van der Waals surface area (Å²) < 4.78 is 5.44. The minimum atomic E-state index is -1.16. The second-order valence-corrected chi connectivity index (χ2v) is 9.05. The zero-order valence-electron chi connectivity index (χ0n) is 18.1. The maximum atomic E-state index is 12.9.